The summed E-state index contributed by atoms with van der Waals surface area (Å²) in [6, 6.07) is 0. The third-order valence-corrected chi connectivity index (χ3v) is 1.94. The summed E-state index contributed by atoms with van der Waals surface area (Å²) in [5.41, 5.74) is -1.21. The highest BCUT2D eigenvalue weighted by Crippen LogP contribution is 2.20. The molecule has 0 bridgehead atoms. The van der Waals surface area contributed by atoms with Crippen LogP contribution in [0.2, 0.25) is 0 Å². The number of carbonyl (C=O) groups excluding carboxylic acids is 1. The molecule has 1 heterocycles. The van der Waals surface area contributed by atoms with Gasteiger partial charge in [0, 0.05) is 7.11 Å². The fraction of sp³-hybridized carbons (Fsp3) is 0.875. The van der Waals surface area contributed by atoms with Crippen molar-refractivity contribution in [2.75, 3.05) is 20.3 Å². The Morgan fingerprint density at radius 2 is 1.94 bits per heavy atom. The molecule has 8 heteroatoms. The van der Waals surface area contributed by atoms with Crippen molar-refractivity contribution in [2.45, 2.75) is 25.1 Å². The number of alkyl halides is 3. The van der Waals surface area contributed by atoms with Crippen molar-refractivity contribution in [3.63, 3.8) is 0 Å². The smallest absolute Gasteiger partial charge is 0.338 e. The fourth-order valence-electron chi connectivity index (χ4n) is 1.15. The van der Waals surface area contributed by atoms with E-state index in [2.05, 4.69) is 4.74 Å². The van der Waals surface area contributed by atoms with Crippen molar-refractivity contribution in [3.05, 3.63) is 0 Å². The Balaban J connectivity index is 2.51. The van der Waals surface area contributed by atoms with E-state index in [-0.39, 0.29) is 13.2 Å². The van der Waals surface area contributed by atoms with E-state index in [1.54, 1.807) is 0 Å². The van der Waals surface area contributed by atoms with Crippen LogP contribution in [0.5, 0.6) is 0 Å². The van der Waals surface area contributed by atoms with Gasteiger partial charge in [-0.15, -0.1) is 0 Å². The quantitative estimate of drug-likeness (QED) is 0.762. The summed E-state index contributed by atoms with van der Waals surface area (Å²) in [4.78, 5) is 10.7. The van der Waals surface area contributed by atoms with Gasteiger partial charge in [0.15, 0.2) is 0 Å². The second-order valence-corrected chi connectivity index (χ2v) is 3.66. The highest BCUT2D eigenvalue weighted by Gasteiger charge is 2.44. The number of hydrogen-bond donors (Lipinski definition) is 1. The van der Waals surface area contributed by atoms with Gasteiger partial charge in [0.25, 0.3) is 6.48 Å². The molecule has 0 aliphatic carbocycles. The maximum Gasteiger partial charge on any atom is 0.471 e. The Morgan fingerprint density at radius 3 is 2.31 bits per heavy atom. The zero-order chi connectivity index (χ0) is 12.4. The van der Waals surface area contributed by atoms with E-state index in [0.717, 1.165) is 0 Å². The average molecular weight is 243 g/mol. The van der Waals surface area contributed by atoms with Crippen LogP contribution in [0.15, 0.2) is 0 Å². The molecule has 94 valence electrons. The van der Waals surface area contributed by atoms with Gasteiger partial charge in [0.1, 0.15) is 0 Å². The number of carbonyl (C=O) groups is 1. The molecule has 1 saturated heterocycles. The first kappa shape index (κ1) is 13.2. The van der Waals surface area contributed by atoms with Crippen molar-refractivity contribution in [1.82, 2.24) is 5.32 Å². The van der Waals surface area contributed by atoms with Crippen LogP contribution in [0, 0.1) is 0 Å². The maximum absolute atomic E-state index is 12.0. The molecular weight excluding hydrogens is 231 g/mol. The van der Waals surface area contributed by atoms with E-state index in [4.69, 9.17) is 9.47 Å². The standard InChI is InChI=1S/C8H12F3NO4/c1-7(12-5(13)8(9,10)11)3-15-6(14-2)16-4-7/h6H,3-4H2,1-2H3,(H,12,13). The molecule has 16 heavy (non-hydrogen) atoms. The lowest BCUT2D eigenvalue weighted by Crippen LogP contribution is -2.59. The van der Waals surface area contributed by atoms with Gasteiger partial charge in [-0.3, -0.25) is 4.79 Å². The largest absolute Gasteiger partial charge is 0.471 e. The van der Waals surface area contributed by atoms with Crippen LogP contribution < -0.4 is 5.32 Å². The normalized spacial score (nSPS) is 31.2. The predicted octanol–water partition coefficient (Wildman–Crippen LogP) is 0.400. The summed E-state index contributed by atoms with van der Waals surface area (Å²) in [7, 11) is 1.33. The molecule has 0 aromatic heterocycles. The minimum atomic E-state index is -4.92. The van der Waals surface area contributed by atoms with Crippen LogP contribution in [-0.2, 0) is 19.0 Å². The molecule has 5 nitrogen and oxygen atoms in total. The van der Waals surface area contributed by atoms with Crippen LogP contribution in [0.1, 0.15) is 6.92 Å². The van der Waals surface area contributed by atoms with Gasteiger partial charge in [-0.25, -0.2) is 0 Å². The third-order valence-electron chi connectivity index (χ3n) is 1.94. The minimum absolute atomic E-state index is 0.118. The minimum Gasteiger partial charge on any atom is -0.338 e. The van der Waals surface area contributed by atoms with Crippen molar-refractivity contribution in [3.8, 4) is 0 Å². The molecular formula is C8H12F3NO4. The van der Waals surface area contributed by atoms with E-state index in [1.807, 2.05) is 5.32 Å². The first-order chi connectivity index (χ1) is 7.27. The summed E-state index contributed by atoms with van der Waals surface area (Å²) >= 11 is 0. The molecule has 1 rings (SSSR count). The van der Waals surface area contributed by atoms with Crippen LogP contribution in [0.3, 0.4) is 0 Å². The molecule has 0 saturated carbocycles. The Morgan fingerprint density at radius 1 is 1.44 bits per heavy atom. The average Bonchev–Trinajstić information content (AvgIpc) is 2.17. The maximum atomic E-state index is 12.0. The highest BCUT2D eigenvalue weighted by atomic mass is 19.4. The van der Waals surface area contributed by atoms with Gasteiger partial charge in [-0.1, -0.05) is 0 Å². The van der Waals surface area contributed by atoms with Crippen LogP contribution in [0.4, 0.5) is 13.2 Å². The summed E-state index contributed by atoms with van der Waals surface area (Å²) in [6.45, 7) is 0.249. The molecule has 1 aliphatic heterocycles. The van der Waals surface area contributed by atoms with Gasteiger partial charge < -0.3 is 19.5 Å². The van der Waals surface area contributed by atoms with Gasteiger partial charge in [0.05, 0.1) is 18.8 Å². The van der Waals surface area contributed by atoms with Crippen molar-refractivity contribution in [1.29, 1.82) is 0 Å². The Bertz CT molecular complexity index is 260. The molecule has 0 radical (unpaired) electrons. The van der Waals surface area contributed by atoms with Crippen molar-refractivity contribution >= 4 is 5.91 Å². The van der Waals surface area contributed by atoms with Crippen molar-refractivity contribution in [2.24, 2.45) is 0 Å². The molecule has 0 spiro atoms. The van der Waals surface area contributed by atoms with Gasteiger partial charge in [-0.2, -0.15) is 13.2 Å². The highest BCUT2D eigenvalue weighted by molar-refractivity contribution is 5.82. The summed E-state index contributed by atoms with van der Waals surface area (Å²) in [6.07, 6.45) is -4.92. The van der Waals surface area contributed by atoms with E-state index in [0.29, 0.717) is 0 Å². The predicted molar refractivity (Wildman–Crippen MR) is 45.3 cm³/mol. The number of hydrogen-bond acceptors (Lipinski definition) is 4. The van der Waals surface area contributed by atoms with Crippen LogP contribution in [-0.4, -0.2) is 44.4 Å². The number of ether oxygens (including phenoxy) is 3. The molecule has 1 fully saturated rings. The lowest BCUT2D eigenvalue weighted by Gasteiger charge is -2.37. The zero-order valence-corrected chi connectivity index (χ0v) is 8.76. The Hall–Kier alpha value is -0.860. The number of rotatable bonds is 2. The first-order valence-corrected chi connectivity index (χ1v) is 4.42. The molecule has 1 amide bonds. The van der Waals surface area contributed by atoms with E-state index in [1.165, 1.54) is 14.0 Å². The topological polar surface area (TPSA) is 56.8 Å². The number of methoxy groups -OCH3 is 1. The molecule has 0 atom stereocenters. The number of nitrogens with one attached hydrogen (secondary N) is 1. The number of amides is 1. The van der Waals surface area contributed by atoms with E-state index >= 15 is 0 Å². The fourth-order valence-corrected chi connectivity index (χ4v) is 1.15. The zero-order valence-electron chi connectivity index (χ0n) is 8.76. The molecule has 0 aromatic rings. The second kappa shape index (κ2) is 4.56. The lowest BCUT2D eigenvalue weighted by molar-refractivity contribution is -0.317. The SMILES string of the molecule is COC1OCC(C)(NC(=O)C(F)(F)F)CO1. The van der Waals surface area contributed by atoms with Gasteiger partial charge >= 0.3 is 12.1 Å². The Labute approximate surface area is 89.8 Å². The van der Waals surface area contributed by atoms with Crippen LogP contribution >= 0.6 is 0 Å². The van der Waals surface area contributed by atoms with Crippen molar-refractivity contribution < 1.29 is 32.2 Å². The first-order valence-electron chi connectivity index (χ1n) is 4.42. The second-order valence-electron chi connectivity index (χ2n) is 3.66. The molecule has 1 N–H and O–H groups in total. The van der Waals surface area contributed by atoms with E-state index in [9.17, 15) is 18.0 Å². The summed E-state index contributed by atoms with van der Waals surface area (Å²) in [5, 5.41) is 1.81. The Kier molecular flexibility index (Phi) is 3.76. The summed E-state index contributed by atoms with van der Waals surface area (Å²) < 4.78 is 50.5. The van der Waals surface area contributed by atoms with Gasteiger partial charge in [-0.05, 0) is 6.92 Å². The van der Waals surface area contributed by atoms with Crippen LogP contribution in [0.25, 0.3) is 0 Å². The third kappa shape index (κ3) is 3.32. The lowest BCUT2D eigenvalue weighted by atomic mass is 10.0. The molecule has 0 aromatic carbocycles. The van der Waals surface area contributed by atoms with E-state index < -0.39 is 24.1 Å². The van der Waals surface area contributed by atoms with Gasteiger partial charge in [0.2, 0.25) is 0 Å². The monoisotopic (exact) mass is 243 g/mol. The molecule has 0 unspecified atom stereocenters. The number of halogens is 3. The summed E-state index contributed by atoms with van der Waals surface area (Å²) in [5.74, 6) is -2.02. The molecule has 1 aliphatic rings.